The number of aliphatic carboxylic acids is 1. The molecule has 1 N–H and O–H groups in total. The molecule has 0 aromatic heterocycles. The third-order valence-corrected chi connectivity index (χ3v) is 4.27. The van der Waals surface area contributed by atoms with Gasteiger partial charge in [0.2, 0.25) is 0 Å². The van der Waals surface area contributed by atoms with Gasteiger partial charge < -0.3 is 9.84 Å². The van der Waals surface area contributed by atoms with Crippen LogP contribution >= 0.6 is 0 Å². The van der Waals surface area contributed by atoms with Crippen LogP contribution in [0.15, 0.2) is 18.2 Å². The van der Waals surface area contributed by atoms with Gasteiger partial charge in [0.05, 0.1) is 5.69 Å². The Morgan fingerprint density at radius 3 is 2.39 bits per heavy atom. The maximum atomic E-state index is 12.8. The molecule has 1 aliphatic rings. The molecule has 1 aromatic carbocycles. The van der Waals surface area contributed by atoms with Crippen molar-refractivity contribution in [3.05, 3.63) is 23.8 Å². The largest absolute Gasteiger partial charge is 0.480 e. The monoisotopic (exact) mass is 319 g/mol. The predicted molar refractivity (Wildman–Crippen MR) is 85.0 cm³/mol. The SMILES string of the molecule is CCC(=O)c1ccc2c(c1)N(CC(=O)O)C(=O)C(CC)(CC)O2. The minimum absolute atomic E-state index is 0.0710. The van der Waals surface area contributed by atoms with Gasteiger partial charge in [-0.15, -0.1) is 0 Å². The van der Waals surface area contributed by atoms with Crippen LogP contribution in [0.3, 0.4) is 0 Å². The summed E-state index contributed by atoms with van der Waals surface area (Å²) >= 11 is 0. The molecular weight excluding hydrogens is 298 g/mol. The van der Waals surface area contributed by atoms with Crippen LogP contribution in [0.5, 0.6) is 5.75 Å². The van der Waals surface area contributed by atoms with E-state index in [2.05, 4.69) is 0 Å². The van der Waals surface area contributed by atoms with Crippen molar-refractivity contribution in [1.82, 2.24) is 0 Å². The van der Waals surface area contributed by atoms with Gasteiger partial charge in [0.25, 0.3) is 5.91 Å². The van der Waals surface area contributed by atoms with Crippen molar-refractivity contribution in [3.63, 3.8) is 0 Å². The Labute approximate surface area is 135 Å². The molecule has 0 spiro atoms. The summed E-state index contributed by atoms with van der Waals surface area (Å²) in [4.78, 5) is 37.1. The molecule has 6 heteroatoms. The predicted octanol–water partition coefficient (Wildman–Crippen LogP) is 2.65. The van der Waals surface area contributed by atoms with E-state index < -0.39 is 18.1 Å². The first-order valence-corrected chi connectivity index (χ1v) is 7.78. The first-order valence-electron chi connectivity index (χ1n) is 7.78. The maximum absolute atomic E-state index is 12.8. The number of ether oxygens (including phenoxy) is 1. The van der Waals surface area contributed by atoms with E-state index in [0.717, 1.165) is 0 Å². The Morgan fingerprint density at radius 2 is 1.87 bits per heavy atom. The van der Waals surface area contributed by atoms with Gasteiger partial charge >= 0.3 is 5.97 Å². The van der Waals surface area contributed by atoms with Crippen molar-refractivity contribution in [2.75, 3.05) is 11.4 Å². The second-order valence-electron chi connectivity index (χ2n) is 5.55. The van der Waals surface area contributed by atoms with Crippen LogP contribution in [-0.2, 0) is 9.59 Å². The van der Waals surface area contributed by atoms with Crippen LogP contribution in [0.2, 0.25) is 0 Å². The number of hydrogen-bond donors (Lipinski definition) is 1. The molecule has 1 amide bonds. The molecule has 0 atom stereocenters. The van der Waals surface area contributed by atoms with Crippen molar-refractivity contribution in [2.24, 2.45) is 0 Å². The van der Waals surface area contributed by atoms with E-state index in [4.69, 9.17) is 9.84 Å². The summed E-state index contributed by atoms with van der Waals surface area (Å²) in [5, 5.41) is 9.15. The molecule has 1 heterocycles. The van der Waals surface area contributed by atoms with Gasteiger partial charge in [0.15, 0.2) is 11.4 Å². The Hall–Kier alpha value is -2.37. The fraction of sp³-hybridized carbons (Fsp3) is 0.471. The molecule has 6 nitrogen and oxygen atoms in total. The van der Waals surface area contributed by atoms with Gasteiger partial charge in [-0.05, 0) is 31.0 Å². The van der Waals surface area contributed by atoms with Gasteiger partial charge in [-0.2, -0.15) is 0 Å². The highest BCUT2D eigenvalue weighted by atomic mass is 16.5. The normalized spacial score (nSPS) is 15.8. The summed E-state index contributed by atoms with van der Waals surface area (Å²) in [6.45, 7) is 4.96. The van der Waals surface area contributed by atoms with Crippen LogP contribution in [0.25, 0.3) is 0 Å². The Morgan fingerprint density at radius 1 is 1.22 bits per heavy atom. The van der Waals surface area contributed by atoms with Crippen molar-refractivity contribution in [2.45, 2.75) is 45.6 Å². The van der Waals surface area contributed by atoms with E-state index in [-0.39, 0.29) is 11.7 Å². The number of carbonyl (C=O) groups is 3. The van der Waals surface area contributed by atoms with Gasteiger partial charge in [-0.25, -0.2) is 0 Å². The summed E-state index contributed by atoms with van der Waals surface area (Å²) in [6, 6.07) is 4.83. The second-order valence-corrected chi connectivity index (χ2v) is 5.55. The zero-order valence-electron chi connectivity index (χ0n) is 13.6. The van der Waals surface area contributed by atoms with E-state index in [0.29, 0.717) is 36.3 Å². The molecule has 1 aliphatic heterocycles. The lowest BCUT2D eigenvalue weighted by molar-refractivity contribution is -0.141. The molecule has 0 saturated heterocycles. The van der Waals surface area contributed by atoms with Crippen LogP contribution in [0.1, 0.15) is 50.4 Å². The number of benzene rings is 1. The highest BCUT2D eigenvalue weighted by Crippen LogP contribution is 2.41. The standard InChI is InChI=1S/C17H21NO5/c1-4-13(19)11-7-8-14-12(9-11)18(10-15(20)21)16(22)17(5-2,6-3)23-14/h7-9H,4-6,10H2,1-3H3,(H,20,21). The van der Waals surface area contributed by atoms with Gasteiger partial charge in [-0.1, -0.05) is 20.8 Å². The van der Waals surface area contributed by atoms with Crippen molar-refractivity contribution >= 4 is 23.3 Å². The molecule has 1 aromatic rings. The summed E-state index contributed by atoms with van der Waals surface area (Å²) in [7, 11) is 0. The summed E-state index contributed by atoms with van der Waals surface area (Å²) < 4.78 is 5.91. The average Bonchev–Trinajstić information content (AvgIpc) is 2.56. The summed E-state index contributed by atoms with van der Waals surface area (Å²) in [5.41, 5.74) is -0.272. The van der Waals surface area contributed by atoms with Gasteiger partial charge in [0, 0.05) is 12.0 Å². The van der Waals surface area contributed by atoms with Crippen molar-refractivity contribution < 1.29 is 24.2 Å². The molecule has 0 bridgehead atoms. The Bertz CT molecular complexity index is 648. The molecule has 0 aliphatic carbocycles. The first-order chi connectivity index (χ1) is 10.9. The lowest BCUT2D eigenvalue weighted by Gasteiger charge is -2.41. The highest BCUT2D eigenvalue weighted by molar-refractivity contribution is 6.07. The van der Waals surface area contributed by atoms with Crippen LogP contribution in [0.4, 0.5) is 5.69 Å². The van der Waals surface area contributed by atoms with E-state index in [1.165, 1.54) is 11.0 Å². The first kappa shape index (κ1) is 17.0. The lowest BCUT2D eigenvalue weighted by Crippen LogP contribution is -2.56. The lowest BCUT2D eigenvalue weighted by atomic mass is 9.92. The number of rotatable bonds is 6. The topological polar surface area (TPSA) is 83.9 Å². The average molecular weight is 319 g/mol. The number of amides is 1. The van der Waals surface area contributed by atoms with Crippen molar-refractivity contribution in [1.29, 1.82) is 0 Å². The van der Waals surface area contributed by atoms with Crippen LogP contribution in [-0.4, -0.2) is 34.9 Å². The Kier molecular flexibility index (Phi) is 4.73. The summed E-state index contributed by atoms with van der Waals surface area (Å²) in [5.74, 6) is -1.13. The minimum atomic E-state index is -1.11. The van der Waals surface area contributed by atoms with E-state index in [9.17, 15) is 14.4 Å². The van der Waals surface area contributed by atoms with Crippen LogP contribution < -0.4 is 9.64 Å². The van der Waals surface area contributed by atoms with E-state index >= 15 is 0 Å². The number of hydrogen-bond acceptors (Lipinski definition) is 4. The van der Waals surface area contributed by atoms with E-state index in [1.807, 2.05) is 13.8 Å². The molecule has 0 radical (unpaired) electrons. The van der Waals surface area contributed by atoms with Crippen LogP contribution in [0, 0.1) is 0 Å². The molecule has 0 unspecified atom stereocenters. The van der Waals surface area contributed by atoms with Gasteiger partial charge in [-0.3, -0.25) is 19.3 Å². The number of ketones is 1. The number of carbonyl (C=O) groups excluding carboxylic acids is 2. The third kappa shape index (κ3) is 2.93. The molecule has 23 heavy (non-hydrogen) atoms. The minimum Gasteiger partial charge on any atom is -0.480 e. The number of carboxylic acid groups (broad SMARTS) is 1. The number of nitrogens with zero attached hydrogens (tertiary/aromatic N) is 1. The Balaban J connectivity index is 2.57. The molecule has 0 saturated carbocycles. The number of carboxylic acids is 1. The quantitative estimate of drug-likeness (QED) is 0.815. The third-order valence-electron chi connectivity index (χ3n) is 4.27. The maximum Gasteiger partial charge on any atom is 0.323 e. The smallest absolute Gasteiger partial charge is 0.323 e. The molecule has 124 valence electrons. The second kappa shape index (κ2) is 6.40. The fourth-order valence-electron chi connectivity index (χ4n) is 2.79. The molecule has 0 fully saturated rings. The van der Waals surface area contributed by atoms with E-state index in [1.54, 1.807) is 19.1 Å². The molecule has 2 rings (SSSR count). The van der Waals surface area contributed by atoms with Gasteiger partial charge in [0.1, 0.15) is 12.3 Å². The number of Topliss-reactive ketones (excluding diaryl/α,β-unsaturated/α-hetero) is 1. The zero-order chi connectivity index (χ0) is 17.2. The molecular formula is C17H21NO5. The number of fused-ring (bicyclic) bond motifs is 1. The zero-order valence-corrected chi connectivity index (χ0v) is 13.6. The van der Waals surface area contributed by atoms with Crippen molar-refractivity contribution in [3.8, 4) is 5.75 Å². The fourth-order valence-corrected chi connectivity index (χ4v) is 2.79. The highest BCUT2D eigenvalue weighted by Gasteiger charge is 2.46. The summed E-state index contributed by atoms with van der Waals surface area (Å²) in [6.07, 6.45) is 1.21. The number of anilines is 1.